The standard InChI is InChI=1S/C23H16ClFO3/c1-14-10-20(27-13-17-18(24)8-5-9-19(17)25)23-16(15-6-3-2-4-7-15)12-22(26)28-21(23)11-14/h2-12H,13H2,1H3. The lowest BCUT2D eigenvalue weighted by Gasteiger charge is -2.14. The van der Waals surface area contributed by atoms with Crippen LogP contribution in [-0.2, 0) is 6.61 Å². The zero-order valence-electron chi connectivity index (χ0n) is 15.0. The summed E-state index contributed by atoms with van der Waals surface area (Å²) >= 11 is 6.11. The highest BCUT2D eigenvalue weighted by Gasteiger charge is 2.15. The average molecular weight is 395 g/mol. The Kier molecular flexibility index (Phi) is 4.88. The molecule has 0 radical (unpaired) electrons. The molecular formula is C23H16ClFO3. The van der Waals surface area contributed by atoms with Gasteiger partial charge < -0.3 is 9.15 Å². The first-order valence-corrected chi connectivity index (χ1v) is 9.10. The summed E-state index contributed by atoms with van der Waals surface area (Å²) in [5.74, 6) is 0.0659. The Morgan fingerprint density at radius 1 is 1.04 bits per heavy atom. The molecule has 1 heterocycles. The molecule has 3 nitrogen and oxygen atoms in total. The van der Waals surface area contributed by atoms with Gasteiger partial charge in [0.05, 0.1) is 10.4 Å². The van der Waals surface area contributed by atoms with Crippen molar-refractivity contribution in [2.24, 2.45) is 0 Å². The van der Waals surface area contributed by atoms with Gasteiger partial charge in [0.15, 0.2) is 0 Å². The van der Waals surface area contributed by atoms with E-state index < -0.39 is 11.4 Å². The summed E-state index contributed by atoms with van der Waals surface area (Å²) in [6.45, 7) is 1.83. The second-order valence-electron chi connectivity index (χ2n) is 6.47. The van der Waals surface area contributed by atoms with Crippen molar-refractivity contribution in [3.8, 4) is 16.9 Å². The van der Waals surface area contributed by atoms with E-state index in [0.717, 1.165) is 11.1 Å². The second kappa shape index (κ2) is 7.49. The van der Waals surface area contributed by atoms with E-state index in [4.69, 9.17) is 20.8 Å². The van der Waals surface area contributed by atoms with Gasteiger partial charge in [0.1, 0.15) is 23.8 Å². The molecule has 0 unspecified atom stereocenters. The van der Waals surface area contributed by atoms with Gasteiger partial charge in [-0.25, -0.2) is 9.18 Å². The number of hydrogen-bond acceptors (Lipinski definition) is 3. The maximum Gasteiger partial charge on any atom is 0.336 e. The minimum atomic E-state index is -0.444. The summed E-state index contributed by atoms with van der Waals surface area (Å²) in [5.41, 5.74) is 2.66. The summed E-state index contributed by atoms with van der Waals surface area (Å²) in [7, 11) is 0. The van der Waals surface area contributed by atoms with Crippen LogP contribution < -0.4 is 10.4 Å². The fraction of sp³-hybridized carbons (Fsp3) is 0.0870. The van der Waals surface area contributed by atoms with Gasteiger partial charge in [-0.1, -0.05) is 48.0 Å². The molecule has 140 valence electrons. The molecule has 4 aromatic rings. The molecule has 0 saturated heterocycles. The third-order valence-electron chi connectivity index (χ3n) is 4.47. The smallest absolute Gasteiger partial charge is 0.336 e. The number of rotatable bonds is 4. The Balaban J connectivity index is 1.87. The van der Waals surface area contributed by atoms with Crippen molar-refractivity contribution in [2.45, 2.75) is 13.5 Å². The van der Waals surface area contributed by atoms with Gasteiger partial charge in [-0.05, 0) is 42.3 Å². The van der Waals surface area contributed by atoms with Crippen molar-refractivity contribution in [3.05, 3.63) is 99.1 Å². The molecule has 0 fully saturated rings. The summed E-state index contributed by atoms with van der Waals surface area (Å²) in [6, 6.07) is 19.1. The van der Waals surface area contributed by atoms with E-state index in [1.807, 2.05) is 43.3 Å². The van der Waals surface area contributed by atoms with Crippen LogP contribution in [0.25, 0.3) is 22.1 Å². The number of hydrogen-bond donors (Lipinski definition) is 0. The van der Waals surface area contributed by atoms with Crippen LogP contribution in [0.5, 0.6) is 5.75 Å². The van der Waals surface area contributed by atoms with Crippen molar-refractivity contribution in [1.82, 2.24) is 0 Å². The Labute approximate surface area is 166 Å². The SMILES string of the molecule is Cc1cc(OCc2c(F)cccc2Cl)c2c(-c3ccccc3)cc(=O)oc2c1. The van der Waals surface area contributed by atoms with Gasteiger partial charge in [0.25, 0.3) is 0 Å². The highest BCUT2D eigenvalue weighted by molar-refractivity contribution is 6.31. The average Bonchev–Trinajstić information content (AvgIpc) is 2.67. The zero-order chi connectivity index (χ0) is 19.7. The Morgan fingerprint density at radius 3 is 2.57 bits per heavy atom. The zero-order valence-corrected chi connectivity index (χ0v) is 15.8. The molecule has 0 aliphatic rings. The molecule has 0 saturated carbocycles. The molecule has 4 rings (SSSR count). The third-order valence-corrected chi connectivity index (χ3v) is 4.83. The first-order valence-electron chi connectivity index (χ1n) is 8.72. The molecule has 0 bridgehead atoms. The summed E-state index contributed by atoms with van der Waals surface area (Å²) in [4.78, 5) is 12.1. The number of ether oxygens (including phenoxy) is 1. The first kappa shape index (κ1) is 18.3. The van der Waals surface area contributed by atoms with E-state index in [9.17, 15) is 9.18 Å². The third kappa shape index (κ3) is 3.51. The van der Waals surface area contributed by atoms with Crippen LogP contribution in [0.3, 0.4) is 0 Å². The first-order chi connectivity index (χ1) is 13.5. The van der Waals surface area contributed by atoms with Crippen molar-refractivity contribution < 1.29 is 13.5 Å². The normalized spacial score (nSPS) is 11.0. The summed E-state index contributed by atoms with van der Waals surface area (Å²) in [5, 5.41) is 0.954. The van der Waals surface area contributed by atoms with Crippen LogP contribution in [0.2, 0.25) is 5.02 Å². The van der Waals surface area contributed by atoms with Crippen LogP contribution in [0.4, 0.5) is 4.39 Å². The predicted octanol–water partition coefficient (Wildman–Crippen LogP) is 6.14. The predicted molar refractivity (Wildman–Crippen MR) is 108 cm³/mol. The molecule has 5 heteroatoms. The van der Waals surface area contributed by atoms with E-state index in [-0.39, 0.29) is 12.2 Å². The molecule has 28 heavy (non-hydrogen) atoms. The molecule has 1 aromatic heterocycles. The minimum absolute atomic E-state index is 0.0442. The van der Waals surface area contributed by atoms with E-state index in [1.165, 1.54) is 12.1 Å². The van der Waals surface area contributed by atoms with Gasteiger partial charge in [-0.2, -0.15) is 0 Å². The van der Waals surface area contributed by atoms with Gasteiger partial charge in [0, 0.05) is 17.2 Å². The molecule has 0 aliphatic heterocycles. The van der Waals surface area contributed by atoms with Crippen molar-refractivity contribution in [1.29, 1.82) is 0 Å². The van der Waals surface area contributed by atoms with Gasteiger partial charge in [-0.3, -0.25) is 0 Å². The van der Waals surface area contributed by atoms with Crippen molar-refractivity contribution in [2.75, 3.05) is 0 Å². The summed E-state index contributed by atoms with van der Waals surface area (Å²) < 4.78 is 25.5. The quantitative estimate of drug-likeness (QED) is 0.390. The van der Waals surface area contributed by atoms with E-state index >= 15 is 0 Å². The minimum Gasteiger partial charge on any atom is -0.488 e. The van der Waals surface area contributed by atoms with Crippen LogP contribution in [0, 0.1) is 12.7 Å². The van der Waals surface area contributed by atoms with E-state index in [1.54, 1.807) is 18.2 Å². The highest BCUT2D eigenvalue weighted by Crippen LogP contribution is 2.36. The van der Waals surface area contributed by atoms with Gasteiger partial charge >= 0.3 is 5.63 Å². The molecule has 3 aromatic carbocycles. The lowest BCUT2D eigenvalue weighted by atomic mass is 10.0. The number of benzene rings is 3. The second-order valence-corrected chi connectivity index (χ2v) is 6.88. The van der Waals surface area contributed by atoms with Crippen LogP contribution in [-0.4, -0.2) is 0 Å². The number of aryl methyl sites for hydroxylation is 1. The number of halogens is 2. The molecule has 0 spiro atoms. The van der Waals surface area contributed by atoms with Crippen molar-refractivity contribution in [3.63, 3.8) is 0 Å². The Bertz CT molecular complexity index is 1200. The molecule has 0 amide bonds. The van der Waals surface area contributed by atoms with Crippen LogP contribution in [0.15, 0.2) is 75.9 Å². The van der Waals surface area contributed by atoms with Crippen LogP contribution in [0.1, 0.15) is 11.1 Å². The maximum absolute atomic E-state index is 14.1. The Morgan fingerprint density at radius 2 is 1.82 bits per heavy atom. The van der Waals surface area contributed by atoms with E-state index in [2.05, 4.69) is 0 Å². The fourth-order valence-electron chi connectivity index (χ4n) is 3.17. The van der Waals surface area contributed by atoms with E-state index in [0.29, 0.717) is 27.3 Å². The molecule has 0 N–H and O–H groups in total. The lowest BCUT2D eigenvalue weighted by Crippen LogP contribution is -2.03. The topological polar surface area (TPSA) is 39.4 Å². The fourth-order valence-corrected chi connectivity index (χ4v) is 3.39. The maximum atomic E-state index is 14.1. The molecule has 0 aliphatic carbocycles. The van der Waals surface area contributed by atoms with Gasteiger partial charge in [-0.15, -0.1) is 0 Å². The van der Waals surface area contributed by atoms with Crippen LogP contribution >= 0.6 is 11.6 Å². The largest absolute Gasteiger partial charge is 0.488 e. The Hall–Kier alpha value is -3.11. The monoisotopic (exact) mass is 394 g/mol. The molecule has 0 atom stereocenters. The molecular weight excluding hydrogens is 379 g/mol. The lowest BCUT2D eigenvalue weighted by molar-refractivity contribution is 0.303. The highest BCUT2D eigenvalue weighted by atomic mass is 35.5. The summed E-state index contributed by atoms with van der Waals surface area (Å²) in [6.07, 6.45) is 0. The van der Waals surface area contributed by atoms with Gasteiger partial charge in [0.2, 0.25) is 0 Å². The number of fused-ring (bicyclic) bond motifs is 1. The van der Waals surface area contributed by atoms with Crippen molar-refractivity contribution >= 4 is 22.6 Å².